The Bertz CT molecular complexity index is 483. The average Bonchev–Trinajstić information content (AvgIpc) is 2.39. The van der Waals surface area contributed by atoms with Crippen LogP contribution in [0.1, 0.15) is 24.1 Å². The number of pyridine rings is 1. The van der Waals surface area contributed by atoms with Crippen molar-refractivity contribution in [3.8, 4) is 0 Å². The van der Waals surface area contributed by atoms with Gasteiger partial charge in [0.05, 0.1) is 0 Å². The number of para-hydroxylation sites is 1. The minimum atomic E-state index is 0. The molecule has 1 unspecified atom stereocenters. The fourth-order valence-electron chi connectivity index (χ4n) is 2.05. The Morgan fingerprint density at radius 1 is 1.00 bits per heavy atom. The second-order valence-electron chi connectivity index (χ2n) is 4.43. The molecule has 0 saturated heterocycles. The summed E-state index contributed by atoms with van der Waals surface area (Å²) in [6.07, 6.45) is 1.85. The van der Waals surface area contributed by atoms with Gasteiger partial charge in [-0.1, -0.05) is 31.2 Å². The van der Waals surface area contributed by atoms with E-state index in [1.807, 2.05) is 18.3 Å². The highest BCUT2D eigenvalue weighted by molar-refractivity contribution is 5.85. The fourth-order valence-corrected chi connectivity index (χ4v) is 2.05. The summed E-state index contributed by atoms with van der Waals surface area (Å²) in [7, 11) is 4.15. The summed E-state index contributed by atoms with van der Waals surface area (Å²) in [5, 5.41) is 0. The molecule has 0 aliphatic carbocycles. The van der Waals surface area contributed by atoms with Gasteiger partial charge in [0.25, 0.3) is 0 Å². The number of anilines is 1. The molecule has 2 aromatic rings. The number of hydrogen-bond donors (Lipinski definition) is 0. The van der Waals surface area contributed by atoms with E-state index in [-0.39, 0.29) is 12.4 Å². The molecule has 0 radical (unpaired) electrons. The lowest BCUT2D eigenvalue weighted by Gasteiger charge is -2.21. The van der Waals surface area contributed by atoms with Gasteiger partial charge in [-0.15, -0.1) is 12.4 Å². The van der Waals surface area contributed by atoms with Gasteiger partial charge in [-0.3, -0.25) is 4.98 Å². The number of benzene rings is 1. The van der Waals surface area contributed by atoms with E-state index in [1.165, 1.54) is 11.3 Å². The molecule has 0 aliphatic rings. The normalized spacial score (nSPS) is 11.5. The van der Waals surface area contributed by atoms with Crippen molar-refractivity contribution < 1.29 is 0 Å². The van der Waals surface area contributed by atoms with Crippen molar-refractivity contribution in [1.29, 1.82) is 0 Å². The van der Waals surface area contributed by atoms with Crippen molar-refractivity contribution in [2.45, 2.75) is 12.8 Å². The molecule has 18 heavy (non-hydrogen) atoms. The lowest BCUT2D eigenvalue weighted by atomic mass is 9.95. The van der Waals surface area contributed by atoms with Crippen LogP contribution < -0.4 is 4.90 Å². The van der Waals surface area contributed by atoms with E-state index < -0.39 is 0 Å². The van der Waals surface area contributed by atoms with Crippen LogP contribution in [0, 0.1) is 0 Å². The lowest BCUT2D eigenvalue weighted by molar-refractivity contribution is 0.864. The Morgan fingerprint density at radius 2 is 1.67 bits per heavy atom. The summed E-state index contributed by atoms with van der Waals surface area (Å²) in [6, 6.07) is 14.6. The van der Waals surface area contributed by atoms with E-state index in [1.54, 1.807) is 0 Å². The molecule has 0 aliphatic heterocycles. The maximum atomic E-state index is 4.44. The van der Waals surface area contributed by atoms with E-state index >= 15 is 0 Å². The fraction of sp³-hybridized carbons (Fsp3) is 0.267. The summed E-state index contributed by atoms with van der Waals surface area (Å²) >= 11 is 0. The Balaban J connectivity index is 0.00000162. The molecule has 1 heterocycles. The van der Waals surface area contributed by atoms with Crippen LogP contribution >= 0.6 is 12.4 Å². The molecule has 0 fully saturated rings. The van der Waals surface area contributed by atoms with E-state index in [4.69, 9.17) is 0 Å². The largest absolute Gasteiger partial charge is 0.377 e. The predicted octanol–water partition coefficient (Wildman–Crippen LogP) is 3.72. The Morgan fingerprint density at radius 3 is 2.28 bits per heavy atom. The van der Waals surface area contributed by atoms with Gasteiger partial charge in [0, 0.05) is 37.6 Å². The Kier molecular flexibility index (Phi) is 5.17. The minimum absolute atomic E-state index is 0. The van der Waals surface area contributed by atoms with Crippen LogP contribution in [0.2, 0.25) is 0 Å². The number of nitrogens with zero attached hydrogens (tertiary/aromatic N) is 2. The van der Waals surface area contributed by atoms with Crippen LogP contribution in [0.15, 0.2) is 48.7 Å². The third-order valence-electron chi connectivity index (χ3n) is 3.02. The van der Waals surface area contributed by atoms with Crippen LogP contribution in [-0.4, -0.2) is 19.1 Å². The molecule has 0 saturated carbocycles. The molecule has 0 bridgehead atoms. The van der Waals surface area contributed by atoms with E-state index in [9.17, 15) is 0 Å². The zero-order valence-corrected chi connectivity index (χ0v) is 11.8. The van der Waals surface area contributed by atoms with Gasteiger partial charge in [-0.25, -0.2) is 0 Å². The molecule has 96 valence electrons. The maximum Gasteiger partial charge on any atom is 0.0476 e. The number of aromatic nitrogens is 1. The molecule has 2 rings (SSSR count). The summed E-state index contributed by atoms with van der Waals surface area (Å²) < 4.78 is 0. The third kappa shape index (κ3) is 3.02. The highest BCUT2D eigenvalue weighted by atomic mass is 35.5. The van der Waals surface area contributed by atoms with Crippen LogP contribution in [0.5, 0.6) is 0 Å². The highest BCUT2D eigenvalue weighted by Gasteiger charge is 2.13. The molecule has 2 nitrogen and oxygen atoms in total. The average molecular weight is 263 g/mol. The molecule has 1 aromatic heterocycles. The van der Waals surface area contributed by atoms with E-state index in [2.05, 4.69) is 61.2 Å². The number of hydrogen-bond acceptors (Lipinski definition) is 2. The first-order chi connectivity index (χ1) is 8.20. The Labute approximate surface area is 115 Å². The first-order valence-electron chi connectivity index (χ1n) is 5.87. The molecular formula is C15H19ClN2. The van der Waals surface area contributed by atoms with Gasteiger partial charge >= 0.3 is 0 Å². The van der Waals surface area contributed by atoms with Crippen molar-refractivity contribution in [2.75, 3.05) is 19.0 Å². The van der Waals surface area contributed by atoms with Gasteiger partial charge in [0.2, 0.25) is 0 Å². The maximum absolute atomic E-state index is 4.44. The lowest BCUT2D eigenvalue weighted by Crippen LogP contribution is -2.13. The summed E-state index contributed by atoms with van der Waals surface area (Å²) in [5.41, 5.74) is 3.68. The summed E-state index contributed by atoms with van der Waals surface area (Å²) in [6.45, 7) is 2.20. The van der Waals surface area contributed by atoms with E-state index in [0.29, 0.717) is 5.92 Å². The van der Waals surface area contributed by atoms with Crippen LogP contribution in [0.4, 0.5) is 5.69 Å². The highest BCUT2D eigenvalue weighted by Crippen LogP contribution is 2.29. The van der Waals surface area contributed by atoms with Gasteiger partial charge in [-0.05, 0) is 23.8 Å². The van der Waals surface area contributed by atoms with Gasteiger partial charge < -0.3 is 4.90 Å². The molecule has 1 aromatic carbocycles. The van der Waals surface area contributed by atoms with Crippen molar-refractivity contribution >= 4 is 18.1 Å². The van der Waals surface area contributed by atoms with Crippen molar-refractivity contribution in [3.05, 3.63) is 59.9 Å². The van der Waals surface area contributed by atoms with Gasteiger partial charge in [0.1, 0.15) is 0 Å². The van der Waals surface area contributed by atoms with Crippen LogP contribution in [0.25, 0.3) is 0 Å². The van der Waals surface area contributed by atoms with Crippen LogP contribution in [0.3, 0.4) is 0 Å². The topological polar surface area (TPSA) is 16.1 Å². The first kappa shape index (κ1) is 14.5. The van der Waals surface area contributed by atoms with Crippen LogP contribution in [-0.2, 0) is 0 Å². The quantitative estimate of drug-likeness (QED) is 0.838. The van der Waals surface area contributed by atoms with Crippen molar-refractivity contribution in [3.63, 3.8) is 0 Å². The smallest absolute Gasteiger partial charge is 0.0476 e. The van der Waals surface area contributed by atoms with Gasteiger partial charge in [0.15, 0.2) is 0 Å². The standard InChI is InChI=1S/C15H18N2.ClH/c1-12(14-9-6-7-11-16-14)13-8-4-5-10-15(13)17(2)3;/h4-12H,1-3H3;1H. The first-order valence-corrected chi connectivity index (χ1v) is 5.87. The zero-order valence-electron chi connectivity index (χ0n) is 11.0. The molecule has 3 heteroatoms. The van der Waals surface area contributed by atoms with Crippen molar-refractivity contribution in [1.82, 2.24) is 4.98 Å². The number of halogens is 1. The van der Waals surface area contributed by atoms with Crippen molar-refractivity contribution in [2.24, 2.45) is 0 Å². The summed E-state index contributed by atoms with van der Waals surface area (Å²) in [5.74, 6) is 0.315. The van der Waals surface area contributed by atoms with E-state index in [0.717, 1.165) is 5.69 Å². The summed E-state index contributed by atoms with van der Waals surface area (Å²) in [4.78, 5) is 6.58. The van der Waals surface area contributed by atoms with Gasteiger partial charge in [-0.2, -0.15) is 0 Å². The monoisotopic (exact) mass is 262 g/mol. The molecule has 1 atom stereocenters. The number of rotatable bonds is 3. The second-order valence-corrected chi connectivity index (χ2v) is 4.43. The Hall–Kier alpha value is -1.54. The second kappa shape index (κ2) is 6.41. The molecule has 0 amide bonds. The molecule has 0 N–H and O–H groups in total. The third-order valence-corrected chi connectivity index (χ3v) is 3.02. The molecular weight excluding hydrogens is 244 g/mol. The molecule has 0 spiro atoms. The SMILES string of the molecule is CC(c1ccccn1)c1ccccc1N(C)C.Cl. The zero-order chi connectivity index (χ0) is 12.3. The minimum Gasteiger partial charge on any atom is -0.377 e. The predicted molar refractivity (Wildman–Crippen MR) is 79.8 cm³/mol.